The number of hydrogen-bond donors (Lipinski definition) is 1. The Morgan fingerprint density at radius 1 is 1.10 bits per heavy atom. The van der Waals surface area contributed by atoms with E-state index in [1.165, 1.54) is 0 Å². The number of para-hydroxylation sites is 1. The predicted octanol–water partition coefficient (Wildman–Crippen LogP) is 2.70. The minimum Gasteiger partial charge on any atom is -0.490 e. The van der Waals surface area contributed by atoms with Crippen LogP contribution in [0.1, 0.15) is 6.92 Å². The van der Waals surface area contributed by atoms with E-state index >= 15 is 0 Å². The fraction of sp³-hybridized carbons (Fsp3) is 0.364. The van der Waals surface area contributed by atoms with Gasteiger partial charge in [0.15, 0.2) is 11.5 Å². The lowest BCUT2D eigenvalue weighted by atomic mass is 10.1. The van der Waals surface area contributed by atoms with Crippen LogP contribution in [0.2, 0.25) is 0 Å². The Kier molecular flexibility index (Phi) is 6.07. The lowest BCUT2D eigenvalue weighted by Crippen LogP contribution is -2.38. The first-order valence-corrected chi connectivity index (χ1v) is 9.94. The largest absolute Gasteiger partial charge is 0.490 e. The molecule has 0 spiro atoms. The third kappa shape index (κ3) is 4.58. The van der Waals surface area contributed by atoms with Gasteiger partial charge in [0, 0.05) is 25.2 Å². The molecule has 1 fully saturated rings. The molecule has 0 radical (unpaired) electrons. The minimum atomic E-state index is -0.158. The molecule has 0 unspecified atom stereocenters. The molecule has 0 atom stereocenters. The van der Waals surface area contributed by atoms with Crippen molar-refractivity contribution in [1.29, 1.82) is 0 Å². The first-order chi connectivity index (χ1) is 14.2. The molecular formula is C22H25N3O4. The van der Waals surface area contributed by atoms with E-state index in [0.717, 1.165) is 38.4 Å². The maximum atomic E-state index is 12.4. The van der Waals surface area contributed by atoms with Crippen molar-refractivity contribution in [2.24, 2.45) is 0 Å². The maximum Gasteiger partial charge on any atom is 0.259 e. The zero-order chi connectivity index (χ0) is 20.1. The molecule has 1 saturated heterocycles. The van der Waals surface area contributed by atoms with Gasteiger partial charge < -0.3 is 19.2 Å². The highest BCUT2D eigenvalue weighted by atomic mass is 16.5. The molecule has 1 aliphatic rings. The number of benzene rings is 2. The molecule has 1 N–H and O–H groups in total. The Bertz CT molecular complexity index is 1030. The number of nitrogens with zero attached hydrogens (tertiary/aromatic N) is 2. The zero-order valence-corrected chi connectivity index (χ0v) is 16.5. The fourth-order valence-electron chi connectivity index (χ4n) is 3.38. The maximum absolute atomic E-state index is 12.4. The van der Waals surface area contributed by atoms with E-state index in [0.29, 0.717) is 41.4 Å². The van der Waals surface area contributed by atoms with Crippen LogP contribution in [0.5, 0.6) is 11.5 Å². The number of ether oxygens (including phenoxy) is 3. The smallest absolute Gasteiger partial charge is 0.259 e. The van der Waals surface area contributed by atoms with E-state index in [-0.39, 0.29) is 5.56 Å². The summed E-state index contributed by atoms with van der Waals surface area (Å²) in [4.78, 5) is 22.1. The third-order valence-corrected chi connectivity index (χ3v) is 4.90. The molecule has 7 heteroatoms. The standard InChI is InChI=1S/C22H25N3O4/c1-2-28-20-15-16(21-23-18-6-4-3-5-17(18)22(26)24-21)7-8-19(20)29-14-11-25-9-12-27-13-10-25/h3-8,15H,2,9-14H2,1H3,(H,23,24,26). The summed E-state index contributed by atoms with van der Waals surface area (Å²) in [6.07, 6.45) is 0. The lowest BCUT2D eigenvalue weighted by molar-refractivity contribution is 0.0321. The predicted molar refractivity (Wildman–Crippen MR) is 112 cm³/mol. The Balaban J connectivity index is 1.54. The second kappa shape index (κ2) is 9.07. The van der Waals surface area contributed by atoms with Crippen LogP contribution in [0, 0.1) is 0 Å². The highest BCUT2D eigenvalue weighted by Gasteiger charge is 2.13. The quantitative estimate of drug-likeness (QED) is 0.663. The third-order valence-electron chi connectivity index (χ3n) is 4.90. The fourth-order valence-corrected chi connectivity index (χ4v) is 3.38. The molecule has 0 bridgehead atoms. The normalized spacial score (nSPS) is 14.8. The molecule has 29 heavy (non-hydrogen) atoms. The molecule has 0 aliphatic carbocycles. The van der Waals surface area contributed by atoms with Crippen LogP contribution < -0.4 is 15.0 Å². The first-order valence-electron chi connectivity index (χ1n) is 9.94. The van der Waals surface area contributed by atoms with Gasteiger partial charge in [-0.05, 0) is 37.3 Å². The summed E-state index contributed by atoms with van der Waals surface area (Å²) in [5.41, 5.74) is 1.28. The highest BCUT2D eigenvalue weighted by Crippen LogP contribution is 2.32. The second-order valence-corrected chi connectivity index (χ2v) is 6.83. The van der Waals surface area contributed by atoms with E-state index in [9.17, 15) is 4.79 Å². The number of aromatic amines is 1. The minimum absolute atomic E-state index is 0.158. The molecule has 1 aromatic heterocycles. The van der Waals surface area contributed by atoms with Crippen LogP contribution in [0.15, 0.2) is 47.3 Å². The summed E-state index contributed by atoms with van der Waals surface area (Å²) >= 11 is 0. The number of morpholine rings is 1. The van der Waals surface area contributed by atoms with Crippen LogP contribution in [0.25, 0.3) is 22.3 Å². The molecular weight excluding hydrogens is 370 g/mol. The van der Waals surface area contributed by atoms with Crippen LogP contribution in [0.4, 0.5) is 0 Å². The van der Waals surface area contributed by atoms with Crippen LogP contribution in [0.3, 0.4) is 0 Å². The van der Waals surface area contributed by atoms with Crippen molar-refractivity contribution in [3.63, 3.8) is 0 Å². The van der Waals surface area contributed by atoms with E-state index in [2.05, 4.69) is 14.9 Å². The molecule has 0 saturated carbocycles. The molecule has 0 amide bonds. The topological polar surface area (TPSA) is 76.7 Å². The van der Waals surface area contributed by atoms with Gasteiger partial charge in [0.25, 0.3) is 5.56 Å². The number of nitrogens with one attached hydrogen (secondary N) is 1. The van der Waals surface area contributed by atoms with Crippen molar-refractivity contribution in [3.8, 4) is 22.9 Å². The zero-order valence-electron chi connectivity index (χ0n) is 16.5. The Labute approximate surface area is 169 Å². The van der Waals surface area contributed by atoms with Gasteiger partial charge in [-0.25, -0.2) is 4.98 Å². The second-order valence-electron chi connectivity index (χ2n) is 6.83. The Morgan fingerprint density at radius 2 is 1.93 bits per heavy atom. The van der Waals surface area contributed by atoms with Crippen LogP contribution in [-0.4, -0.2) is 60.9 Å². The van der Waals surface area contributed by atoms with Gasteiger partial charge in [0.1, 0.15) is 12.4 Å². The van der Waals surface area contributed by atoms with Crippen molar-refractivity contribution >= 4 is 10.9 Å². The summed E-state index contributed by atoms with van der Waals surface area (Å²) in [5.74, 6) is 1.84. The number of H-pyrrole nitrogens is 1. The summed E-state index contributed by atoms with van der Waals surface area (Å²) in [7, 11) is 0. The lowest BCUT2D eigenvalue weighted by Gasteiger charge is -2.26. The number of aromatic nitrogens is 2. The van der Waals surface area contributed by atoms with Gasteiger partial charge in [0.2, 0.25) is 0 Å². The van der Waals surface area contributed by atoms with E-state index in [1.807, 2.05) is 43.3 Å². The highest BCUT2D eigenvalue weighted by molar-refractivity contribution is 5.79. The molecule has 4 rings (SSSR count). The Morgan fingerprint density at radius 3 is 2.76 bits per heavy atom. The Hall–Kier alpha value is -2.90. The number of fused-ring (bicyclic) bond motifs is 1. The molecule has 7 nitrogen and oxygen atoms in total. The first kappa shape index (κ1) is 19.4. The van der Waals surface area contributed by atoms with Gasteiger partial charge in [-0.2, -0.15) is 0 Å². The molecule has 2 aromatic carbocycles. The summed E-state index contributed by atoms with van der Waals surface area (Å²) in [5, 5.41) is 0.573. The van der Waals surface area contributed by atoms with Gasteiger partial charge in [-0.15, -0.1) is 0 Å². The summed E-state index contributed by atoms with van der Waals surface area (Å²) < 4.78 is 17.1. The van der Waals surface area contributed by atoms with Crippen molar-refractivity contribution in [2.45, 2.75) is 6.92 Å². The van der Waals surface area contributed by atoms with Crippen molar-refractivity contribution in [2.75, 3.05) is 46.1 Å². The summed E-state index contributed by atoms with van der Waals surface area (Å²) in [6.45, 7) is 7.28. The molecule has 152 valence electrons. The van der Waals surface area contributed by atoms with Gasteiger partial charge >= 0.3 is 0 Å². The molecule has 2 heterocycles. The van der Waals surface area contributed by atoms with Gasteiger partial charge in [-0.3, -0.25) is 9.69 Å². The molecule has 3 aromatic rings. The van der Waals surface area contributed by atoms with Gasteiger partial charge in [-0.1, -0.05) is 12.1 Å². The van der Waals surface area contributed by atoms with Crippen molar-refractivity contribution in [1.82, 2.24) is 14.9 Å². The van der Waals surface area contributed by atoms with E-state index in [1.54, 1.807) is 6.07 Å². The average Bonchev–Trinajstić information content (AvgIpc) is 2.76. The number of rotatable bonds is 7. The summed E-state index contributed by atoms with van der Waals surface area (Å²) in [6, 6.07) is 12.9. The van der Waals surface area contributed by atoms with E-state index in [4.69, 9.17) is 14.2 Å². The van der Waals surface area contributed by atoms with Crippen LogP contribution >= 0.6 is 0 Å². The number of hydrogen-bond acceptors (Lipinski definition) is 6. The van der Waals surface area contributed by atoms with Gasteiger partial charge in [0.05, 0.1) is 30.7 Å². The SMILES string of the molecule is CCOc1cc(-c2nc3ccccc3c(=O)[nH]2)ccc1OCCN1CCOCC1. The monoisotopic (exact) mass is 395 g/mol. The average molecular weight is 395 g/mol. The van der Waals surface area contributed by atoms with E-state index < -0.39 is 0 Å². The van der Waals surface area contributed by atoms with Crippen LogP contribution in [-0.2, 0) is 4.74 Å². The van der Waals surface area contributed by atoms with Crippen molar-refractivity contribution in [3.05, 3.63) is 52.8 Å². The van der Waals surface area contributed by atoms with Crippen molar-refractivity contribution < 1.29 is 14.2 Å². The molecule has 1 aliphatic heterocycles.